The van der Waals surface area contributed by atoms with Crippen molar-refractivity contribution in [3.8, 4) is 0 Å². The van der Waals surface area contributed by atoms with Crippen molar-refractivity contribution in [2.45, 2.75) is 53.1 Å². The monoisotopic (exact) mass is 290 g/mol. The Morgan fingerprint density at radius 1 is 1.29 bits per heavy atom. The maximum absolute atomic E-state index is 12.2. The van der Waals surface area contributed by atoms with E-state index in [1.165, 1.54) is 0 Å². The van der Waals surface area contributed by atoms with Gasteiger partial charge in [0.1, 0.15) is 6.04 Å². The van der Waals surface area contributed by atoms with Gasteiger partial charge in [-0.2, -0.15) is 0 Å². The zero-order valence-corrected chi connectivity index (χ0v) is 13.5. The van der Waals surface area contributed by atoms with Crippen LogP contribution in [0.2, 0.25) is 0 Å². The number of rotatable bonds is 7. The number of nitrogens with one attached hydrogen (secondary N) is 1. The van der Waals surface area contributed by atoms with Crippen molar-refractivity contribution < 1.29 is 9.59 Å². The second kappa shape index (κ2) is 8.45. The molecule has 0 saturated carbocycles. The Morgan fingerprint density at radius 3 is 2.57 bits per heavy atom. The normalized spacial score (nSPS) is 11.8. The molecule has 4 heteroatoms. The molecule has 0 spiro atoms. The van der Waals surface area contributed by atoms with Crippen LogP contribution in [0.4, 0.5) is 0 Å². The van der Waals surface area contributed by atoms with Crippen LogP contribution in [0.25, 0.3) is 0 Å². The number of benzene rings is 1. The van der Waals surface area contributed by atoms with Crippen molar-refractivity contribution in [2.75, 3.05) is 6.54 Å². The molecule has 116 valence electrons. The molecule has 1 rings (SSSR count). The molecule has 1 aromatic carbocycles. The fraction of sp³-hybridized carbons (Fsp3) is 0.529. The Hall–Kier alpha value is -1.84. The van der Waals surface area contributed by atoms with Crippen molar-refractivity contribution in [1.82, 2.24) is 10.2 Å². The van der Waals surface area contributed by atoms with Crippen molar-refractivity contribution in [2.24, 2.45) is 0 Å². The number of carbonyl (C=O) groups is 2. The van der Waals surface area contributed by atoms with Crippen molar-refractivity contribution in [3.05, 3.63) is 35.4 Å². The first-order valence-corrected chi connectivity index (χ1v) is 7.62. The van der Waals surface area contributed by atoms with Crippen LogP contribution in [0.1, 0.15) is 44.7 Å². The van der Waals surface area contributed by atoms with Crippen LogP contribution >= 0.6 is 0 Å². The topological polar surface area (TPSA) is 49.4 Å². The first kappa shape index (κ1) is 17.2. The van der Waals surface area contributed by atoms with Gasteiger partial charge in [0.05, 0.1) is 0 Å². The summed E-state index contributed by atoms with van der Waals surface area (Å²) in [6.45, 7) is 8.74. The summed E-state index contributed by atoms with van der Waals surface area (Å²) >= 11 is 0. The average Bonchev–Trinajstić information content (AvgIpc) is 2.48. The van der Waals surface area contributed by atoms with E-state index in [9.17, 15) is 9.59 Å². The third-order valence-electron chi connectivity index (χ3n) is 3.45. The Labute approximate surface area is 127 Å². The summed E-state index contributed by atoms with van der Waals surface area (Å²) in [4.78, 5) is 25.9. The van der Waals surface area contributed by atoms with E-state index in [4.69, 9.17) is 0 Å². The minimum atomic E-state index is -0.454. The summed E-state index contributed by atoms with van der Waals surface area (Å²) in [5.41, 5.74) is 2.20. The Kier molecular flexibility index (Phi) is 6.92. The zero-order valence-electron chi connectivity index (χ0n) is 13.5. The highest BCUT2D eigenvalue weighted by atomic mass is 16.2. The standard InChI is InChI=1S/C17H26N2O2/c1-5-10-18-17(21)14(4)19(16(20)6-2)12-15-9-7-8-13(3)11-15/h7-9,11,14H,5-6,10,12H2,1-4H3,(H,18,21). The fourth-order valence-corrected chi connectivity index (χ4v) is 2.19. The predicted molar refractivity (Wildman–Crippen MR) is 84.8 cm³/mol. The van der Waals surface area contributed by atoms with E-state index in [0.29, 0.717) is 19.5 Å². The van der Waals surface area contributed by atoms with E-state index in [2.05, 4.69) is 5.32 Å². The smallest absolute Gasteiger partial charge is 0.242 e. The molecule has 1 aromatic rings. The van der Waals surface area contributed by atoms with Gasteiger partial charge in [0.25, 0.3) is 0 Å². The van der Waals surface area contributed by atoms with Crippen LogP contribution in [0.3, 0.4) is 0 Å². The first-order valence-electron chi connectivity index (χ1n) is 7.62. The second-order valence-corrected chi connectivity index (χ2v) is 5.33. The number of hydrogen-bond donors (Lipinski definition) is 1. The summed E-state index contributed by atoms with van der Waals surface area (Å²) in [7, 11) is 0. The number of nitrogens with zero attached hydrogens (tertiary/aromatic N) is 1. The van der Waals surface area contributed by atoms with Gasteiger partial charge in [-0.05, 0) is 25.8 Å². The maximum atomic E-state index is 12.2. The minimum Gasteiger partial charge on any atom is -0.354 e. The van der Waals surface area contributed by atoms with E-state index >= 15 is 0 Å². The van der Waals surface area contributed by atoms with Crippen molar-refractivity contribution in [1.29, 1.82) is 0 Å². The molecular formula is C17H26N2O2. The SMILES string of the molecule is CCCNC(=O)C(C)N(Cc1cccc(C)c1)C(=O)CC. The number of hydrogen-bond acceptors (Lipinski definition) is 2. The number of aryl methyl sites for hydroxylation is 1. The van der Waals surface area contributed by atoms with E-state index in [1.54, 1.807) is 11.8 Å². The lowest BCUT2D eigenvalue weighted by atomic mass is 10.1. The van der Waals surface area contributed by atoms with Crippen molar-refractivity contribution in [3.63, 3.8) is 0 Å². The van der Waals surface area contributed by atoms with Gasteiger partial charge in [-0.25, -0.2) is 0 Å². The molecule has 0 aliphatic heterocycles. The lowest BCUT2D eigenvalue weighted by Gasteiger charge is -2.28. The predicted octanol–water partition coefficient (Wildman–Crippen LogP) is 2.65. The van der Waals surface area contributed by atoms with Gasteiger partial charge in [0.2, 0.25) is 11.8 Å². The minimum absolute atomic E-state index is 0.00402. The quantitative estimate of drug-likeness (QED) is 0.839. The maximum Gasteiger partial charge on any atom is 0.242 e. The van der Waals surface area contributed by atoms with Gasteiger partial charge in [0, 0.05) is 19.5 Å². The highest BCUT2D eigenvalue weighted by Crippen LogP contribution is 2.12. The molecule has 0 aliphatic rings. The highest BCUT2D eigenvalue weighted by molar-refractivity contribution is 5.87. The van der Waals surface area contributed by atoms with Crippen molar-refractivity contribution >= 4 is 11.8 Å². The van der Waals surface area contributed by atoms with Crippen LogP contribution < -0.4 is 5.32 Å². The lowest BCUT2D eigenvalue weighted by Crippen LogP contribution is -2.47. The zero-order chi connectivity index (χ0) is 15.8. The third kappa shape index (κ3) is 5.21. The average molecular weight is 290 g/mol. The van der Waals surface area contributed by atoms with E-state index in [0.717, 1.165) is 17.5 Å². The fourth-order valence-electron chi connectivity index (χ4n) is 2.19. The van der Waals surface area contributed by atoms with Gasteiger partial charge in [-0.15, -0.1) is 0 Å². The molecule has 1 unspecified atom stereocenters. The van der Waals surface area contributed by atoms with Gasteiger partial charge in [0.15, 0.2) is 0 Å². The van der Waals surface area contributed by atoms with Crippen LogP contribution in [-0.4, -0.2) is 29.3 Å². The van der Waals surface area contributed by atoms with Crippen LogP contribution in [0.5, 0.6) is 0 Å². The third-order valence-corrected chi connectivity index (χ3v) is 3.45. The molecule has 0 bridgehead atoms. The Balaban J connectivity index is 2.85. The molecule has 1 atom stereocenters. The number of amides is 2. The molecule has 0 aliphatic carbocycles. The molecule has 0 aromatic heterocycles. The molecule has 1 N–H and O–H groups in total. The molecule has 21 heavy (non-hydrogen) atoms. The molecule has 2 amide bonds. The van der Waals surface area contributed by atoms with Gasteiger partial charge >= 0.3 is 0 Å². The van der Waals surface area contributed by atoms with Gasteiger partial charge in [-0.1, -0.05) is 43.7 Å². The molecule has 4 nitrogen and oxygen atoms in total. The summed E-state index contributed by atoms with van der Waals surface area (Å²) in [6, 6.07) is 7.57. The summed E-state index contributed by atoms with van der Waals surface area (Å²) in [5, 5.41) is 2.86. The second-order valence-electron chi connectivity index (χ2n) is 5.33. The van der Waals surface area contributed by atoms with E-state index < -0.39 is 6.04 Å². The molecule has 0 saturated heterocycles. The highest BCUT2D eigenvalue weighted by Gasteiger charge is 2.24. The first-order chi connectivity index (χ1) is 9.99. The Bertz CT molecular complexity index is 485. The summed E-state index contributed by atoms with van der Waals surface area (Å²) in [5.74, 6) is -0.0954. The Morgan fingerprint density at radius 2 is 2.00 bits per heavy atom. The van der Waals surface area contributed by atoms with Gasteiger partial charge in [-0.3, -0.25) is 9.59 Å². The van der Waals surface area contributed by atoms with E-state index in [-0.39, 0.29) is 11.8 Å². The van der Waals surface area contributed by atoms with E-state index in [1.807, 2.05) is 45.0 Å². The van der Waals surface area contributed by atoms with Crippen LogP contribution in [-0.2, 0) is 16.1 Å². The molecule has 0 fully saturated rings. The largest absolute Gasteiger partial charge is 0.354 e. The van der Waals surface area contributed by atoms with Crippen LogP contribution in [0.15, 0.2) is 24.3 Å². The molecule has 0 heterocycles. The molecule has 0 radical (unpaired) electrons. The lowest BCUT2D eigenvalue weighted by molar-refractivity contribution is -0.140. The van der Waals surface area contributed by atoms with Crippen LogP contribution in [0, 0.1) is 6.92 Å². The summed E-state index contributed by atoms with van der Waals surface area (Å²) < 4.78 is 0. The van der Waals surface area contributed by atoms with Gasteiger partial charge < -0.3 is 10.2 Å². The number of carbonyl (C=O) groups excluding carboxylic acids is 2. The summed E-state index contributed by atoms with van der Waals surface area (Å²) in [6.07, 6.45) is 1.29. The molecular weight excluding hydrogens is 264 g/mol.